The van der Waals surface area contributed by atoms with Gasteiger partial charge >= 0.3 is 0 Å². The van der Waals surface area contributed by atoms with E-state index in [0.717, 1.165) is 0 Å². The summed E-state index contributed by atoms with van der Waals surface area (Å²) in [6.45, 7) is 1.37. The molecular formula is C12H13BrFNO2. The largest absolute Gasteiger partial charge is 0.449 e. The average Bonchev–Trinajstić information content (AvgIpc) is 2.22. The maximum Gasteiger partial charge on any atom is 0.196 e. The molecular weight excluding hydrogens is 289 g/mol. The van der Waals surface area contributed by atoms with Crippen LogP contribution in [0.3, 0.4) is 0 Å². The summed E-state index contributed by atoms with van der Waals surface area (Å²) in [6, 6.07) is 4.66. The summed E-state index contributed by atoms with van der Waals surface area (Å²) in [6.07, 6.45) is 1.50. The number of hydrogen-bond acceptors (Lipinski definition) is 3. The fourth-order valence-electron chi connectivity index (χ4n) is 1.10. The zero-order valence-corrected chi connectivity index (χ0v) is 11.4. The number of Topliss-reactive ketones (excluding diaryl/α,β-unsaturated/α-hetero) is 1. The molecule has 92 valence electrons. The summed E-state index contributed by atoms with van der Waals surface area (Å²) < 4.78 is 19.2. The van der Waals surface area contributed by atoms with E-state index in [1.165, 1.54) is 19.2 Å². The Morgan fingerprint density at radius 1 is 1.47 bits per heavy atom. The summed E-state index contributed by atoms with van der Waals surface area (Å²) in [5.41, 5.74) is 0. The molecule has 0 unspecified atom stereocenters. The number of benzene rings is 1. The third kappa shape index (κ3) is 3.85. The fourth-order valence-corrected chi connectivity index (χ4v) is 1.45. The number of nitrogens with zero attached hydrogens (tertiary/aromatic N) is 1. The zero-order valence-electron chi connectivity index (χ0n) is 9.83. The van der Waals surface area contributed by atoms with E-state index >= 15 is 0 Å². The van der Waals surface area contributed by atoms with Gasteiger partial charge in [0, 0.05) is 27.2 Å². The normalized spacial score (nSPS) is 11.2. The number of rotatable bonds is 4. The Hall–Kier alpha value is -1.36. The SMILES string of the molecule is CC(=O)C(=CN(C)C)Oc1cccc(Br)c1F. The maximum atomic E-state index is 13.6. The molecule has 0 heterocycles. The van der Waals surface area contributed by atoms with Crippen LogP contribution in [-0.2, 0) is 4.79 Å². The average molecular weight is 302 g/mol. The van der Waals surface area contributed by atoms with Crippen LogP contribution in [0, 0.1) is 5.82 Å². The highest BCUT2D eigenvalue weighted by atomic mass is 79.9. The van der Waals surface area contributed by atoms with Crippen LogP contribution in [-0.4, -0.2) is 24.8 Å². The lowest BCUT2D eigenvalue weighted by Crippen LogP contribution is -2.12. The molecule has 0 aliphatic heterocycles. The van der Waals surface area contributed by atoms with Crippen LogP contribution < -0.4 is 4.74 Å². The monoisotopic (exact) mass is 301 g/mol. The summed E-state index contributed by atoms with van der Waals surface area (Å²) in [4.78, 5) is 13.0. The first kappa shape index (κ1) is 13.7. The van der Waals surface area contributed by atoms with Crippen LogP contribution in [0.4, 0.5) is 4.39 Å². The maximum absolute atomic E-state index is 13.6. The van der Waals surface area contributed by atoms with E-state index in [2.05, 4.69) is 15.9 Å². The third-order valence-corrected chi connectivity index (χ3v) is 2.47. The minimum Gasteiger partial charge on any atom is -0.449 e. The summed E-state index contributed by atoms with van der Waals surface area (Å²) >= 11 is 3.05. The molecule has 1 rings (SSSR count). The predicted molar refractivity (Wildman–Crippen MR) is 67.2 cm³/mol. The summed E-state index contributed by atoms with van der Waals surface area (Å²) in [5, 5.41) is 0. The molecule has 0 aliphatic carbocycles. The van der Waals surface area contributed by atoms with Crippen molar-refractivity contribution in [2.45, 2.75) is 6.92 Å². The van der Waals surface area contributed by atoms with Gasteiger partial charge in [-0.2, -0.15) is 0 Å². The zero-order chi connectivity index (χ0) is 13.0. The number of carbonyl (C=O) groups excluding carboxylic acids is 1. The van der Waals surface area contributed by atoms with E-state index in [9.17, 15) is 9.18 Å². The van der Waals surface area contributed by atoms with Crippen molar-refractivity contribution in [1.82, 2.24) is 4.90 Å². The van der Waals surface area contributed by atoms with Crippen molar-refractivity contribution in [1.29, 1.82) is 0 Å². The molecule has 0 aliphatic rings. The molecule has 0 saturated carbocycles. The van der Waals surface area contributed by atoms with Gasteiger partial charge in [-0.05, 0) is 28.1 Å². The minimum absolute atomic E-state index is 0.0164. The molecule has 1 aromatic carbocycles. The highest BCUT2D eigenvalue weighted by Crippen LogP contribution is 2.26. The number of ether oxygens (including phenoxy) is 1. The number of hydrogen-bond donors (Lipinski definition) is 0. The molecule has 1 aromatic rings. The Morgan fingerprint density at radius 3 is 2.65 bits per heavy atom. The molecule has 5 heteroatoms. The molecule has 17 heavy (non-hydrogen) atoms. The van der Waals surface area contributed by atoms with Crippen molar-refractivity contribution >= 4 is 21.7 Å². The van der Waals surface area contributed by atoms with Gasteiger partial charge in [0.1, 0.15) is 0 Å². The lowest BCUT2D eigenvalue weighted by molar-refractivity contribution is -0.115. The van der Waals surface area contributed by atoms with E-state index in [-0.39, 0.29) is 17.3 Å². The van der Waals surface area contributed by atoms with Gasteiger partial charge in [-0.3, -0.25) is 4.79 Å². The fraction of sp³-hybridized carbons (Fsp3) is 0.250. The Labute approximate surface area is 108 Å². The number of ketones is 1. The first-order valence-electron chi connectivity index (χ1n) is 4.93. The van der Waals surface area contributed by atoms with Crippen LogP contribution in [0.5, 0.6) is 5.75 Å². The molecule has 0 amide bonds. The lowest BCUT2D eigenvalue weighted by atomic mass is 10.3. The third-order valence-electron chi connectivity index (χ3n) is 1.86. The quantitative estimate of drug-likeness (QED) is 0.632. The first-order valence-corrected chi connectivity index (χ1v) is 5.72. The van der Waals surface area contributed by atoms with Crippen molar-refractivity contribution in [3.63, 3.8) is 0 Å². The van der Waals surface area contributed by atoms with Gasteiger partial charge in [0.15, 0.2) is 23.1 Å². The molecule has 0 bridgehead atoms. The topological polar surface area (TPSA) is 29.5 Å². The molecule has 0 atom stereocenters. The second kappa shape index (κ2) is 5.82. The molecule has 0 spiro atoms. The standard InChI is InChI=1S/C12H13BrFNO2/c1-8(16)11(7-15(2)3)17-10-6-4-5-9(13)12(10)14/h4-7H,1-3H3. The Balaban J connectivity index is 3.03. The number of allylic oxidation sites excluding steroid dienone is 1. The van der Waals surface area contributed by atoms with Crippen LogP contribution in [0.25, 0.3) is 0 Å². The van der Waals surface area contributed by atoms with Crippen LogP contribution >= 0.6 is 15.9 Å². The second-order valence-electron chi connectivity index (χ2n) is 3.67. The van der Waals surface area contributed by atoms with Crippen molar-refractivity contribution < 1.29 is 13.9 Å². The first-order chi connectivity index (χ1) is 7.91. The van der Waals surface area contributed by atoms with E-state index in [0.29, 0.717) is 4.47 Å². The van der Waals surface area contributed by atoms with Crippen molar-refractivity contribution in [2.24, 2.45) is 0 Å². The van der Waals surface area contributed by atoms with Crippen molar-refractivity contribution in [2.75, 3.05) is 14.1 Å². The Morgan fingerprint density at radius 2 is 2.12 bits per heavy atom. The van der Waals surface area contributed by atoms with E-state index in [4.69, 9.17) is 4.74 Å². The van der Waals surface area contributed by atoms with Gasteiger partial charge in [-0.1, -0.05) is 6.07 Å². The molecule has 0 fully saturated rings. The van der Waals surface area contributed by atoms with Crippen molar-refractivity contribution in [3.8, 4) is 5.75 Å². The van der Waals surface area contributed by atoms with Gasteiger partial charge < -0.3 is 9.64 Å². The molecule has 0 radical (unpaired) electrons. The molecule has 3 nitrogen and oxygen atoms in total. The summed E-state index contributed by atoms with van der Waals surface area (Å²) in [5.74, 6) is -0.689. The van der Waals surface area contributed by atoms with Crippen LogP contribution in [0.2, 0.25) is 0 Å². The molecule has 0 aromatic heterocycles. The minimum atomic E-state index is -0.529. The van der Waals surface area contributed by atoms with E-state index in [1.54, 1.807) is 31.1 Å². The highest BCUT2D eigenvalue weighted by Gasteiger charge is 2.12. The van der Waals surface area contributed by atoms with Crippen LogP contribution in [0.1, 0.15) is 6.92 Å². The summed E-state index contributed by atoms with van der Waals surface area (Å²) in [7, 11) is 3.51. The van der Waals surface area contributed by atoms with Gasteiger partial charge in [0.25, 0.3) is 0 Å². The highest BCUT2D eigenvalue weighted by molar-refractivity contribution is 9.10. The molecule has 0 N–H and O–H groups in total. The number of halogens is 2. The molecule has 0 saturated heterocycles. The van der Waals surface area contributed by atoms with Gasteiger partial charge in [-0.15, -0.1) is 0 Å². The number of carbonyl (C=O) groups is 1. The van der Waals surface area contributed by atoms with Crippen molar-refractivity contribution in [3.05, 3.63) is 40.4 Å². The van der Waals surface area contributed by atoms with Gasteiger partial charge in [-0.25, -0.2) is 4.39 Å². The lowest BCUT2D eigenvalue weighted by Gasteiger charge is -2.12. The van der Waals surface area contributed by atoms with Crippen LogP contribution in [0.15, 0.2) is 34.6 Å². The Kier molecular flexibility index (Phi) is 4.69. The van der Waals surface area contributed by atoms with E-state index in [1.807, 2.05) is 0 Å². The smallest absolute Gasteiger partial charge is 0.196 e. The van der Waals surface area contributed by atoms with Gasteiger partial charge in [0.2, 0.25) is 0 Å². The predicted octanol–water partition coefficient (Wildman–Crippen LogP) is 2.96. The Bertz CT molecular complexity index is 458. The second-order valence-corrected chi connectivity index (χ2v) is 4.52. The van der Waals surface area contributed by atoms with E-state index < -0.39 is 5.82 Å². The van der Waals surface area contributed by atoms with Gasteiger partial charge in [0.05, 0.1) is 4.47 Å².